The molecule has 0 radical (unpaired) electrons. The maximum atomic E-state index is 11.9. The number of hydrogen-bond donors (Lipinski definition) is 1. The molecule has 1 heterocycles. The highest BCUT2D eigenvalue weighted by molar-refractivity contribution is 7.92. The summed E-state index contributed by atoms with van der Waals surface area (Å²) < 4.78 is 25.1. The van der Waals surface area contributed by atoms with Gasteiger partial charge in [-0.1, -0.05) is 0 Å². The molecule has 0 amide bonds. The highest BCUT2D eigenvalue weighted by Crippen LogP contribution is 2.19. The zero-order valence-electron chi connectivity index (χ0n) is 9.71. The molecule has 90 valence electrons. The van der Waals surface area contributed by atoms with Crippen molar-refractivity contribution >= 4 is 21.5 Å². The SMILES string of the molecule is CCS(=O)(=O)N(c1ccc(N)cn1)C(C)C. The first-order valence-corrected chi connectivity index (χ1v) is 6.73. The molecule has 0 aliphatic carbocycles. The van der Waals surface area contributed by atoms with Crippen LogP contribution in [0.1, 0.15) is 20.8 Å². The molecule has 1 aromatic heterocycles. The van der Waals surface area contributed by atoms with E-state index in [0.717, 1.165) is 0 Å². The third-order valence-corrected chi connectivity index (χ3v) is 4.07. The summed E-state index contributed by atoms with van der Waals surface area (Å²) in [7, 11) is -3.30. The Morgan fingerprint density at radius 1 is 1.44 bits per heavy atom. The molecule has 16 heavy (non-hydrogen) atoms. The van der Waals surface area contributed by atoms with E-state index >= 15 is 0 Å². The van der Waals surface area contributed by atoms with Gasteiger partial charge in [0.1, 0.15) is 5.82 Å². The van der Waals surface area contributed by atoms with Crippen LogP contribution in [0.15, 0.2) is 18.3 Å². The molecule has 1 aromatic rings. The second-order valence-electron chi connectivity index (χ2n) is 3.74. The lowest BCUT2D eigenvalue weighted by Gasteiger charge is -2.26. The number of aromatic nitrogens is 1. The lowest BCUT2D eigenvalue weighted by Crippen LogP contribution is -2.38. The Hall–Kier alpha value is -1.30. The molecule has 0 saturated heterocycles. The highest BCUT2D eigenvalue weighted by Gasteiger charge is 2.24. The smallest absolute Gasteiger partial charge is 0.236 e. The van der Waals surface area contributed by atoms with Crippen LogP contribution >= 0.6 is 0 Å². The van der Waals surface area contributed by atoms with Gasteiger partial charge in [-0.3, -0.25) is 4.31 Å². The second-order valence-corrected chi connectivity index (χ2v) is 5.87. The number of hydrogen-bond acceptors (Lipinski definition) is 4. The minimum Gasteiger partial charge on any atom is -0.397 e. The molecule has 0 aliphatic rings. The molecular formula is C10H17N3O2S. The number of anilines is 2. The number of nitrogens with two attached hydrogens (primary N) is 1. The summed E-state index contributed by atoms with van der Waals surface area (Å²) in [6, 6.07) is 3.09. The molecule has 0 spiro atoms. The van der Waals surface area contributed by atoms with Crippen LogP contribution in [0.2, 0.25) is 0 Å². The molecule has 0 aliphatic heterocycles. The van der Waals surface area contributed by atoms with Crippen LogP contribution in [0.5, 0.6) is 0 Å². The number of pyridine rings is 1. The average molecular weight is 243 g/mol. The molecule has 2 N–H and O–H groups in total. The fraction of sp³-hybridized carbons (Fsp3) is 0.500. The van der Waals surface area contributed by atoms with Crippen molar-refractivity contribution < 1.29 is 8.42 Å². The maximum absolute atomic E-state index is 11.9. The van der Waals surface area contributed by atoms with Crippen LogP contribution in [-0.4, -0.2) is 25.2 Å². The summed E-state index contributed by atoms with van der Waals surface area (Å²) in [4.78, 5) is 4.04. The second kappa shape index (κ2) is 4.69. The van der Waals surface area contributed by atoms with E-state index in [4.69, 9.17) is 5.73 Å². The van der Waals surface area contributed by atoms with Gasteiger partial charge in [0, 0.05) is 6.04 Å². The predicted molar refractivity (Wildman–Crippen MR) is 65.7 cm³/mol. The molecule has 5 nitrogen and oxygen atoms in total. The summed E-state index contributed by atoms with van der Waals surface area (Å²) in [5.74, 6) is 0.461. The fourth-order valence-corrected chi connectivity index (χ4v) is 2.71. The van der Waals surface area contributed by atoms with E-state index in [2.05, 4.69) is 4.98 Å². The third kappa shape index (κ3) is 2.63. The molecule has 0 unspecified atom stereocenters. The number of nitrogen functional groups attached to an aromatic ring is 1. The first-order chi connectivity index (χ1) is 7.38. The minimum atomic E-state index is -3.30. The minimum absolute atomic E-state index is 0.0528. The van der Waals surface area contributed by atoms with Gasteiger partial charge in [-0.2, -0.15) is 0 Å². The fourth-order valence-electron chi connectivity index (χ4n) is 1.40. The molecular weight excluding hydrogens is 226 g/mol. The van der Waals surface area contributed by atoms with Gasteiger partial charge in [-0.15, -0.1) is 0 Å². The van der Waals surface area contributed by atoms with Crippen molar-refractivity contribution in [3.05, 3.63) is 18.3 Å². The van der Waals surface area contributed by atoms with Crippen molar-refractivity contribution in [1.82, 2.24) is 4.98 Å². The van der Waals surface area contributed by atoms with Crippen LogP contribution < -0.4 is 10.0 Å². The van der Waals surface area contributed by atoms with E-state index in [1.165, 1.54) is 10.5 Å². The van der Waals surface area contributed by atoms with Crippen molar-refractivity contribution in [2.75, 3.05) is 15.8 Å². The van der Waals surface area contributed by atoms with Gasteiger partial charge in [-0.05, 0) is 32.9 Å². The Morgan fingerprint density at radius 3 is 2.44 bits per heavy atom. The Labute approximate surface area is 96.3 Å². The van der Waals surface area contributed by atoms with Gasteiger partial charge < -0.3 is 5.73 Å². The molecule has 0 fully saturated rings. The van der Waals surface area contributed by atoms with E-state index in [9.17, 15) is 8.42 Å². The van der Waals surface area contributed by atoms with E-state index in [-0.39, 0.29) is 11.8 Å². The van der Waals surface area contributed by atoms with Gasteiger partial charge in [0.2, 0.25) is 10.0 Å². The lowest BCUT2D eigenvalue weighted by molar-refractivity contribution is 0.584. The van der Waals surface area contributed by atoms with Crippen LogP contribution in [0.25, 0.3) is 0 Å². The van der Waals surface area contributed by atoms with Crippen molar-refractivity contribution in [3.63, 3.8) is 0 Å². The van der Waals surface area contributed by atoms with E-state index < -0.39 is 10.0 Å². The summed E-state index contributed by atoms with van der Waals surface area (Å²) in [5, 5.41) is 0. The molecule has 0 saturated carbocycles. The van der Waals surface area contributed by atoms with Gasteiger partial charge in [0.15, 0.2) is 0 Å². The Kier molecular flexibility index (Phi) is 3.74. The summed E-state index contributed by atoms with van der Waals surface area (Å²) >= 11 is 0. The van der Waals surface area contributed by atoms with E-state index in [0.29, 0.717) is 11.5 Å². The quantitative estimate of drug-likeness (QED) is 0.862. The first kappa shape index (κ1) is 12.8. The zero-order chi connectivity index (χ0) is 12.3. The maximum Gasteiger partial charge on any atom is 0.236 e. The van der Waals surface area contributed by atoms with Crippen molar-refractivity contribution in [2.24, 2.45) is 0 Å². The normalized spacial score (nSPS) is 11.8. The van der Waals surface area contributed by atoms with Gasteiger partial charge in [0.25, 0.3) is 0 Å². The van der Waals surface area contributed by atoms with Crippen molar-refractivity contribution in [3.8, 4) is 0 Å². The lowest BCUT2D eigenvalue weighted by atomic mass is 10.3. The van der Waals surface area contributed by atoms with E-state index in [1.807, 2.05) is 13.8 Å². The molecule has 1 rings (SSSR count). The molecule has 0 bridgehead atoms. The largest absolute Gasteiger partial charge is 0.397 e. The molecule has 0 atom stereocenters. The number of rotatable bonds is 4. The third-order valence-electron chi connectivity index (χ3n) is 2.13. The standard InChI is InChI=1S/C10H17N3O2S/c1-4-16(14,15)13(8(2)3)10-6-5-9(11)7-12-10/h5-8H,4,11H2,1-3H3. The van der Waals surface area contributed by atoms with Crippen molar-refractivity contribution in [1.29, 1.82) is 0 Å². The predicted octanol–water partition coefficient (Wildman–Crippen LogP) is 1.23. The highest BCUT2D eigenvalue weighted by atomic mass is 32.2. The summed E-state index contributed by atoms with van der Waals surface area (Å²) in [6.07, 6.45) is 1.45. The van der Waals surface area contributed by atoms with Crippen LogP contribution in [0, 0.1) is 0 Å². The van der Waals surface area contributed by atoms with Crippen LogP contribution in [0.3, 0.4) is 0 Å². The average Bonchev–Trinajstić information content (AvgIpc) is 2.20. The van der Waals surface area contributed by atoms with Gasteiger partial charge in [0.05, 0.1) is 17.6 Å². The van der Waals surface area contributed by atoms with Gasteiger partial charge in [-0.25, -0.2) is 13.4 Å². The first-order valence-electron chi connectivity index (χ1n) is 5.12. The topological polar surface area (TPSA) is 76.3 Å². The Balaban J connectivity index is 3.19. The van der Waals surface area contributed by atoms with Crippen molar-refractivity contribution in [2.45, 2.75) is 26.8 Å². The molecule has 6 heteroatoms. The monoisotopic (exact) mass is 243 g/mol. The number of sulfonamides is 1. The zero-order valence-corrected chi connectivity index (χ0v) is 10.5. The Bertz CT molecular complexity index is 440. The Morgan fingerprint density at radius 2 is 2.06 bits per heavy atom. The van der Waals surface area contributed by atoms with Crippen LogP contribution in [0.4, 0.5) is 11.5 Å². The van der Waals surface area contributed by atoms with Gasteiger partial charge >= 0.3 is 0 Å². The molecule has 0 aromatic carbocycles. The number of nitrogens with zero attached hydrogens (tertiary/aromatic N) is 2. The summed E-state index contributed by atoms with van der Waals surface area (Å²) in [6.45, 7) is 5.23. The van der Waals surface area contributed by atoms with E-state index in [1.54, 1.807) is 19.1 Å². The summed E-state index contributed by atoms with van der Waals surface area (Å²) in [5.41, 5.74) is 6.03. The van der Waals surface area contributed by atoms with Crippen LogP contribution in [-0.2, 0) is 10.0 Å².